The van der Waals surface area contributed by atoms with Gasteiger partial charge in [0.15, 0.2) is 9.84 Å². The number of benzene rings is 2. The van der Waals surface area contributed by atoms with Gasteiger partial charge in [-0.1, -0.05) is 0 Å². The summed E-state index contributed by atoms with van der Waals surface area (Å²) >= 11 is 0. The first-order chi connectivity index (χ1) is 18.6. The van der Waals surface area contributed by atoms with Crippen LogP contribution in [-0.4, -0.2) is 70.8 Å². The molecule has 2 heterocycles. The van der Waals surface area contributed by atoms with Crippen LogP contribution in [0.4, 0.5) is 23.2 Å². The SMILES string of the molecule is COc1cc(F)ccc1-c1ccncc1N(C)C(=O)c1cc(C(F)(F)F)cc(S(=O)(=O)N2CCS(=O)(=O)CC2)c1. The van der Waals surface area contributed by atoms with Crippen molar-refractivity contribution < 1.29 is 43.9 Å². The van der Waals surface area contributed by atoms with Crippen molar-refractivity contribution in [3.8, 4) is 16.9 Å². The van der Waals surface area contributed by atoms with E-state index in [4.69, 9.17) is 4.74 Å². The molecule has 1 aliphatic rings. The molecule has 1 aliphatic heterocycles. The fraction of sp³-hybridized carbons (Fsp3) is 0.280. The van der Waals surface area contributed by atoms with Gasteiger partial charge < -0.3 is 9.64 Å². The number of methoxy groups -OCH3 is 1. The lowest BCUT2D eigenvalue weighted by molar-refractivity contribution is -0.137. The van der Waals surface area contributed by atoms with Crippen molar-refractivity contribution in [3.05, 3.63) is 71.8 Å². The van der Waals surface area contributed by atoms with E-state index in [2.05, 4.69) is 4.98 Å². The van der Waals surface area contributed by atoms with Gasteiger partial charge in [-0.3, -0.25) is 9.78 Å². The molecule has 9 nitrogen and oxygen atoms in total. The highest BCUT2D eigenvalue weighted by Gasteiger charge is 2.37. The number of carbonyl (C=O) groups is 1. The van der Waals surface area contributed by atoms with Crippen LogP contribution in [0, 0.1) is 5.82 Å². The van der Waals surface area contributed by atoms with E-state index in [0.29, 0.717) is 23.3 Å². The van der Waals surface area contributed by atoms with E-state index in [0.717, 1.165) is 21.3 Å². The fourth-order valence-electron chi connectivity index (χ4n) is 4.19. The molecular weight excluding hydrogens is 578 g/mol. The molecular formula is C25H23F4N3O6S2. The third-order valence-electron chi connectivity index (χ3n) is 6.34. The van der Waals surface area contributed by atoms with Crippen LogP contribution in [0.5, 0.6) is 5.75 Å². The number of halogens is 4. The van der Waals surface area contributed by atoms with E-state index in [-0.39, 0.29) is 11.4 Å². The minimum atomic E-state index is -4.99. The van der Waals surface area contributed by atoms with Crippen LogP contribution < -0.4 is 9.64 Å². The Morgan fingerprint density at radius 1 is 1.05 bits per heavy atom. The molecule has 0 unspecified atom stereocenters. The maximum Gasteiger partial charge on any atom is 0.416 e. The third-order valence-corrected chi connectivity index (χ3v) is 9.83. The van der Waals surface area contributed by atoms with Crippen LogP contribution in [0.2, 0.25) is 0 Å². The zero-order valence-electron chi connectivity index (χ0n) is 21.1. The zero-order chi connectivity index (χ0) is 29.5. The average Bonchev–Trinajstić information content (AvgIpc) is 2.91. The van der Waals surface area contributed by atoms with E-state index in [1.54, 1.807) is 0 Å². The second-order valence-corrected chi connectivity index (χ2v) is 13.1. The third kappa shape index (κ3) is 5.95. The monoisotopic (exact) mass is 601 g/mol. The Morgan fingerprint density at radius 3 is 2.35 bits per heavy atom. The summed E-state index contributed by atoms with van der Waals surface area (Å²) in [7, 11) is -5.46. The molecule has 1 amide bonds. The van der Waals surface area contributed by atoms with Crippen molar-refractivity contribution in [3.63, 3.8) is 0 Å². The van der Waals surface area contributed by atoms with Gasteiger partial charge in [-0.25, -0.2) is 21.2 Å². The van der Waals surface area contributed by atoms with Gasteiger partial charge in [0.05, 0.1) is 41.0 Å². The van der Waals surface area contributed by atoms with Crippen molar-refractivity contribution in [2.45, 2.75) is 11.1 Å². The molecule has 0 atom stereocenters. The van der Waals surface area contributed by atoms with Gasteiger partial charge in [0, 0.05) is 49.1 Å². The highest BCUT2D eigenvalue weighted by molar-refractivity contribution is 7.92. The fourth-order valence-corrected chi connectivity index (χ4v) is 7.14. The van der Waals surface area contributed by atoms with Crippen LogP contribution >= 0.6 is 0 Å². The summed E-state index contributed by atoms with van der Waals surface area (Å²) in [6, 6.07) is 6.96. The number of nitrogens with zero attached hydrogens (tertiary/aromatic N) is 3. The highest BCUT2D eigenvalue weighted by atomic mass is 32.2. The minimum absolute atomic E-state index is 0.125. The molecule has 1 saturated heterocycles. The number of hydrogen-bond acceptors (Lipinski definition) is 7. The average molecular weight is 602 g/mol. The molecule has 1 aromatic heterocycles. The van der Waals surface area contributed by atoms with Gasteiger partial charge in [-0.15, -0.1) is 0 Å². The number of ether oxygens (including phenoxy) is 1. The van der Waals surface area contributed by atoms with E-state index in [9.17, 15) is 39.2 Å². The molecule has 0 saturated carbocycles. The number of amides is 1. The molecule has 3 aromatic rings. The van der Waals surface area contributed by atoms with Crippen molar-refractivity contribution in [1.82, 2.24) is 9.29 Å². The lowest BCUT2D eigenvalue weighted by atomic mass is 10.0. The molecule has 0 aliphatic carbocycles. The Labute approximate surface area is 228 Å². The maximum atomic E-state index is 13.8. The molecule has 4 rings (SSSR count). The van der Waals surface area contributed by atoms with Crippen molar-refractivity contribution in [2.24, 2.45) is 0 Å². The van der Waals surface area contributed by atoms with Crippen LogP contribution in [0.3, 0.4) is 0 Å². The zero-order valence-corrected chi connectivity index (χ0v) is 22.8. The summed E-state index contributed by atoms with van der Waals surface area (Å²) in [4.78, 5) is 17.7. The van der Waals surface area contributed by atoms with E-state index < -0.39 is 78.4 Å². The second-order valence-electron chi connectivity index (χ2n) is 8.90. The molecule has 0 N–H and O–H groups in total. The van der Waals surface area contributed by atoms with Gasteiger partial charge in [0.1, 0.15) is 11.6 Å². The van der Waals surface area contributed by atoms with Crippen molar-refractivity contribution in [1.29, 1.82) is 0 Å². The van der Waals surface area contributed by atoms with Gasteiger partial charge >= 0.3 is 6.18 Å². The Bertz CT molecular complexity index is 1660. The number of hydrogen-bond donors (Lipinski definition) is 0. The van der Waals surface area contributed by atoms with Gasteiger partial charge in [-0.05, 0) is 36.4 Å². The molecule has 0 bridgehead atoms. The normalized spacial score (nSPS) is 15.9. The quantitative estimate of drug-likeness (QED) is 0.397. The number of alkyl halides is 3. The summed E-state index contributed by atoms with van der Waals surface area (Å²) in [5.41, 5.74) is -1.12. The van der Waals surface area contributed by atoms with E-state index in [1.165, 1.54) is 44.8 Å². The van der Waals surface area contributed by atoms with Crippen LogP contribution in [-0.2, 0) is 26.0 Å². The topological polar surface area (TPSA) is 114 Å². The first-order valence-electron chi connectivity index (χ1n) is 11.6. The van der Waals surface area contributed by atoms with Gasteiger partial charge in [0.25, 0.3) is 5.91 Å². The van der Waals surface area contributed by atoms with E-state index in [1.807, 2.05) is 0 Å². The largest absolute Gasteiger partial charge is 0.496 e. The molecule has 15 heteroatoms. The predicted molar refractivity (Wildman–Crippen MR) is 138 cm³/mol. The number of anilines is 1. The van der Waals surface area contributed by atoms with Gasteiger partial charge in [-0.2, -0.15) is 17.5 Å². The Morgan fingerprint density at radius 2 is 1.73 bits per heavy atom. The first-order valence-corrected chi connectivity index (χ1v) is 14.9. The maximum absolute atomic E-state index is 13.8. The number of sulfone groups is 1. The predicted octanol–water partition coefficient (Wildman–Crippen LogP) is 3.61. The Hall–Kier alpha value is -3.56. The summed E-state index contributed by atoms with van der Waals surface area (Å²) in [6.07, 6.45) is -2.32. The molecule has 2 aromatic carbocycles. The highest BCUT2D eigenvalue weighted by Crippen LogP contribution is 2.38. The Kier molecular flexibility index (Phi) is 7.93. The number of pyridine rings is 1. The summed E-state index contributed by atoms with van der Waals surface area (Å²) in [5.74, 6) is -2.39. The van der Waals surface area contributed by atoms with Gasteiger partial charge in [0.2, 0.25) is 10.0 Å². The van der Waals surface area contributed by atoms with Crippen molar-refractivity contribution in [2.75, 3.05) is 43.7 Å². The number of sulfonamides is 1. The number of carbonyl (C=O) groups excluding carboxylic acids is 1. The molecule has 0 radical (unpaired) electrons. The first kappa shape index (κ1) is 29.4. The smallest absolute Gasteiger partial charge is 0.416 e. The lowest BCUT2D eigenvalue weighted by Gasteiger charge is -2.27. The molecule has 40 heavy (non-hydrogen) atoms. The summed E-state index contributed by atoms with van der Waals surface area (Å²) in [5, 5.41) is 0. The number of aromatic nitrogens is 1. The summed E-state index contributed by atoms with van der Waals surface area (Å²) < 4.78 is 111. The lowest BCUT2D eigenvalue weighted by Crippen LogP contribution is -2.43. The molecule has 0 spiro atoms. The van der Waals surface area contributed by atoms with Crippen LogP contribution in [0.15, 0.2) is 59.8 Å². The Balaban J connectivity index is 1.78. The van der Waals surface area contributed by atoms with Crippen LogP contribution in [0.1, 0.15) is 15.9 Å². The molecule has 1 fully saturated rings. The second kappa shape index (κ2) is 10.8. The van der Waals surface area contributed by atoms with E-state index >= 15 is 0 Å². The molecule has 214 valence electrons. The summed E-state index contributed by atoms with van der Waals surface area (Å²) in [6.45, 7) is -0.856. The number of rotatable bonds is 6. The van der Waals surface area contributed by atoms with Crippen LogP contribution in [0.25, 0.3) is 11.1 Å². The standard InChI is InChI=1S/C25H23F4N3O6S2/c1-31(22-15-30-6-5-20(22)21-4-3-18(26)14-23(21)38-2)24(33)16-11-17(25(27,28)29)13-19(12-16)40(36,37)32-7-9-39(34,35)10-8-32/h3-6,11-15H,7-10H2,1-2H3. The van der Waals surface area contributed by atoms with Crippen molar-refractivity contribution >= 4 is 31.5 Å². The minimum Gasteiger partial charge on any atom is -0.496 e.